The van der Waals surface area contributed by atoms with Crippen LogP contribution in [0.25, 0.3) is 11.0 Å². The van der Waals surface area contributed by atoms with Crippen molar-refractivity contribution in [1.29, 1.82) is 0 Å². The summed E-state index contributed by atoms with van der Waals surface area (Å²) in [7, 11) is 0. The average molecular weight is 368 g/mol. The number of H-pyrrole nitrogens is 1. The van der Waals surface area contributed by atoms with Gasteiger partial charge in [0.15, 0.2) is 0 Å². The van der Waals surface area contributed by atoms with E-state index >= 15 is 0 Å². The molecule has 0 spiro atoms. The van der Waals surface area contributed by atoms with Gasteiger partial charge in [0.25, 0.3) is 0 Å². The maximum atomic E-state index is 12.6. The van der Waals surface area contributed by atoms with Gasteiger partial charge in [-0.3, -0.25) is 9.59 Å². The van der Waals surface area contributed by atoms with Gasteiger partial charge in [0.2, 0.25) is 11.8 Å². The van der Waals surface area contributed by atoms with Gasteiger partial charge in [0.1, 0.15) is 5.82 Å². The van der Waals surface area contributed by atoms with E-state index in [2.05, 4.69) is 15.3 Å². The molecule has 1 aromatic heterocycles. The van der Waals surface area contributed by atoms with Crippen LogP contribution in [0.5, 0.6) is 0 Å². The van der Waals surface area contributed by atoms with Gasteiger partial charge in [-0.15, -0.1) is 0 Å². The third-order valence-electron chi connectivity index (χ3n) is 5.83. The Morgan fingerprint density at radius 2 is 2.00 bits per heavy atom. The Labute approximate surface area is 159 Å². The first-order valence-electron chi connectivity index (χ1n) is 10.2. The first kappa shape index (κ1) is 18.0. The summed E-state index contributed by atoms with van der Waals surface area (Å²) in [5, 5.41) is 3.15. The van der Waals surface area contributed by atoms with Crippen molar-refractivity contribution in [3.63, 3.8) is 0 Å². The zero-order valence-corrected chi connectivity index (χ0v) is 15.7. The molecule has 6 nitrogen and oxygen atoms in total. The highest BCUT2D eigenvalue weighted by atomic mass is 16.2. The van der Waals surface area contributed by atoms with Gasteiger partial charge in [0.05, 0.1) is 11.0 Å². The molecule has 0 radical (unpaired) electrons. The monoisotopic (exact) mass is 368 g/mol. The summed E-state index contributed by atoms with van der Waals surface area (Å²) in [6, 6.07) is 7.96. The van der Waals surface area contributed by atoms with Crippen molar-refractivity contribution in [2.75, 3.05) is 13.1 Å². The van der Waals surface area contributed by atoms with E-state index in [4.69, 9.17) is 0 Å². The van der Waals surface area contributed by atoms with Crippen LogP contribution in [0, 0.1) is 5.92 Å². The number of hydrogen-bond donors (Lipinski definition) is 2. The Kier molecular flexibility index (Phi) is 5.41. The van der Waals surface area contributed by atoms with Crippen LogP contribution in [0.15, 0.2) is 24.3 Å². The van der Waals surface area contributed by atoms with Crippen LogP contribution in [-0.4, -0.2) is 45.8 Å². The molecule has 1 saturated heterocycles. The highest BCUT2D eigenvalue weighted by Gasteiger charge is 2.31. The zero-order chi connectivity index (χ0) is 18.6. The van der Waals surface area contributed by atoms with Crippen LogP contribution < -0.4 is 5.32 Å². The molecule has 2 aromatic rings. The number of benzene rings is 1. The molecule has 2 N–H and O–H groups in total. The van der Waals surface area contributed by atoms with E-state index in [0.717, 1.165) is 55.5 Å². The third kappa shape index (κ3) is 4.31. The molecular formula is C21H28N4O2. The van der Waals surface area contributed by atoms with Crippen molar-refractivity contribution in [1.82, 2.24) is 20.2 Å². The van der Waals surface area contributed by atoms with Crippen molar-refractivity contribution in [2.24, 2.45) is 5.92 Å². The molecule has 1 aliphatic carbocycles. The maximum absolute atomic E-state index is 12.6. The molecule has 6 heteroatoms. The highest BCUT2D eigenvalue weighted by molar-refractivity contribution is 5.80. The molecule has 1 aromatic carbocycles. The summed E-state index contributed by atoms with van der Waals surface area (Å²) in [6.45, 7) is 1.49. The normalized spacial score (nSPS) is 20.9. The van der Waals surface area contributed by atoms with Gasteiger partial charge < -0.3 is 15.2 Å². The summed E-state index contributed by atoms with van der Waals surface area (Å²) in [6.07, 6.45) is 7.28. The van der Waals surface area contributed by atoms with Crippen LogP contribution in [0.3, 0.4) is 0 Å². The maximum Gasteiger partial charge on any atom is 0.225 e. The lowest BCUT2D eigenvalue weighted by Gasteiger charge is -2.32. The fourth-order valence-electron chi connectivity index (χ4n) is 4.03. The SMILES string of the molecule is O=C(CCc1nc2ccccc2[nH]1)N[C@@H]1CCCCN(C(=O)C2CCC2)C1. The fourth-order valence-corrected chi connectivity index (χ4v) is 4.03. The lowest BCUT2D eigenvalue weighted by Crippen LogP contribution is -2.47. The van der Waals surface area contributed by atoms with Crippen molar-refractivity contribution in [3.05, 3.63) is 30.1 Å². The molecule has 1 aliphatic heterocycles. The third-order valence-corrected chi connectivity index (χ3v) is 5.83. The summed E-state index contributed by atoms with van der Waals surface area (Å²) in [5.74, 6) is 1.41. The molecule has 0 unspecified atom stereocenters. The van der Waals surface area contributed by atoms with E-state index in [9.17, 15) is 9.59 Å². The second-order valence-corrected chi connectivity index (χ2v) is 7.87. The van der Waals surface area contributed by atoms with Crippen LogP contribution in [0.4, 0.5) is 0 Å². The van der Waals surface area contributed by atoms with Crippen molar-refractivity contribution in [2.45, 2.75) is 57.4 Å². The number of carbonyl (C=O) groups is 2. The number of amides is 2. The zero-order valence-electron chi connectivity index (χ0n) is 15.7. The summed E-state index contributed by atoms with van der Waals surface area (Å²) >= 11 is 0. The van der Waals surface area contributed by atoms with Crippen LogP contribution >= 0.6 is 0 Å². The first-order valence-corrected chi connectivity index (χ1v) is 10.2. The quantitative estimate of drug-likeness (QED) is 0.852. The number of rotatable bonds is 5. The molecule has 2 amide bonds. The Balaban J connectivity index is 1.29. The van der Waals surface area contributed by atoms with Gasteiger partial charge in [-0.1, -0.05) is 18.6 Å². The number of imidazole rings is 1. The minimum absolute atomic E-state index is 0.0402. The largest absolute Gasteiger partial charge is 0.352 e. The number of aromatic nitrogens is 2. The standard InChI is InChI=1S/C21H28N4O2/c26-20(12-11-19-23-17-9-1-2-10-18(17)24-19)22-16-8-3-4-13-25(14-16)21(27)15-6-5-7-15/h1-2,9-10,15-16H,3-8,11-14H2,(H,22,26)(H,23,24)/t16-/m1/s1. The van der Waals surface area contributed by atoms with Gasteiger partial charge in [-0.25, -0.2) is 4.98 Å². The topological polar surface area (TPSA) is 78.1 Å². The van der Waals surface area contributed by atoms with E-state index in [-0.39, 0.29) is 17.9 Å². The van der Waals surface area contributed by atoms with Crippen molar-refractivity contribution >= 4 is 22.8 Å². The van der Waals surface area contributed by atoms with Crippen molar-refractivity contribution < 1.29 is 9.59 Å². The van der Waals surface area contributed by atoms with Gasteiger partial charge in [-0.05, 0) is 44.2 Å². The first-order chi connectivity index (χ1) is 13.2. The van der Waals surface area contributed by atoms with Crippen molar-refractivity contribution in [3.8, 4) is 0 Å². The lowest BCUT2D eigenvalue weighted by molar-refractivity contribution is -0.138. The number of likely N-dealkylation sites (tertiary alicyclic amines) is 1. The molecular weight excluding hydrogens is 340 g/mol. The smallest absolute Gasteiger partial charge is 0.225 e. The van der Waals surface area contributed by atoms with Crippen LogP contribution in [-0.2, 0) is 16.0 Å². The Morgan fingerprint density at radius 3 is 2.78 bits per heavy atom. The molecule has 2 aliphatic rings. The molecule has 144 valence electrons. The molecule has 0 bridgehead atoms. The Bertz CT molecular complexity index is 778. The second-order valence-electron chi connectivity index (χ2n) is 7.87. The average Bonchev–Trinajstić information content (AvgIpc) is 2.89. The van der Waals surface area contributed by atoms with E-state index in [0.29, 0.717) is 25.3 Å². The van der Waals surface area contributed by atoms with E-state index < -0.39 is 0 Å². The number of hydrogen-bond acceptors (Lipinski definition) is 3. The number of nitrogens with zero attached hydrogens (tertiary/aromatic N) is 2. The predicted molar refractivity (Wildman–Crippen MR) is 104 cm³/mol. The van der Waals surface area contributed by atoms with Crippen LogP contribution in [0.2, 0.25) is 0 Å². The second kappa shape index (κ2) is 8.11. The summed E-state index contributed by atoms with van der Waals surface area (Å²) in [4.78, 5) is 34.8. The van der Waals surface area contributed by atoms with Gasteiger partial charge in [-0.2, -0.15) is 0 Å². The lowest BCUT2D eigenvalue weighted by atomic mass is 9.84. The van der Waals surface area contributed by atoms with Gasteiger partial charge in [0, 0.05) is 37.9 Å². The van der Waals surface area contributed by atoms with Crippen LogP contribution in [0.1, 0.15) is 50.8 Å². The molecule has 1 atom stereocenters. The number of fused-ring (bicyclic) bond motifs is 1. The molecule has 2 heterocycles. The number of aryl methyl sites for hydroxylation is 1. The minimum Gasteiger partial charge on any atom is -0.352 e. The predicted octanol–water partition coefficient (Wildman–Crippen LogP) is 2.79. The Morgan fingerprint density at radius 1 is 1.15 bits per heavy atom. The number of aromatic amines is 1. The molecule has 27 heavy (non-hydrogen) atoms. The minimum atomic E-state index is 0.0402. The fraction of sp³-hybridized carbons (Fsp3) is 0.571. The van der Waals surface area contributed by atoms with E-state index in [1.54, 1.807) is 0 Å². The number of para-hydroxylation sites is 2. The number of nitrogens with one attached hydrogen (secondary N) is 2. The van der Waals surface area contributed by atoms with Gasteiger partial charge >= 0.3 is 0 Å². The molecule has 1 saturated carbocycles. The summed E-state index contributed by atoms with van der Waals surface area (Å²) in [5.41, 5.74) is 1.93. The summed E-state index contributed by atoms with van der Waals surface area (Å²) < 4.78 is 0. The Hall–Kier alpha value is -2.37. The molecule has 2 fully saturated rings. The number of carbonyl (C=O) groups excluding carboxylic acids is 2. The molecule has 4 rings (SSSR count). The highest BCUT2D eigenvalue weighted by Crippen LogP contribution is 2.29. The van der Waals surface area contributed by atoms with E-state index in [1.807, 2.05) is 29.2 Å². The van der Waals surface area contributed by atoms with E-state index in [1.165, 1.54) is 6.42 Å².